The van der Waals surface area contributed by atoms with Crippen molar-refractivity contribution >= 4 is 5.97 Å². The van der Waals surface area contributed by atoms with Crippen LogP contribution in [-0.4, -0.2) is 21.0 Å². The standard InChI is InChI=1S/C15H14N2O2/c1-8-13(15(18)19)9(2)17-14(16-8)12-7-10-5-3-4-6-11(10)12/h3-6,12H,7H2,1-2H3,(H,18,19). The highest BCUT2D eigenvalue weighted by molar-refractivity contribution is 5.89. The van der Waals surface area contributed by atoms with E-state index in [4.69, 9.17) is 5.11 Å². The van der Waals surface area contributed by atoms with Crippen molar-refractivity contribution in [3.8, 4) is 0 Å². The van der Waals surface area contributed by atoms with E-state index in [1.165, 1.54) is 11.1 Å². The summed E-state index contributed by atoms with van der Waals surface area (Å²) < 4.78 is 0. The molecule has 4 heteroatoms. The molecule has 96 valence electrons. The van der Waals surface area contributed by atoms with Crippen LogP contribution in [0.2, 0.25) is 0 Å². The highest BCUT2D eigenvalue weighted by Crippen LogP contribution is 2.38. The van der Waals surface area contributed by atoms with E-state index in [0.717, 1.165) is 12.2 Å². The molecular formula is C15H14N2O2. The van der Waals surface area contributed by atoms with Crippen molar-refractivity contribution in [2.75, 3.05) is 0 Å². The molecule has 2 aromatic rings. The van der Waals surface area contributed by atoms with E-state index >= 15 is 0 Å². The molecule has 0 spiro atoms. The molecule has 0 aliphatic heterocycles. The minimum atomic E-state index is -0.962. The number of aromatic nitrogens is 2. The number of hydrogen-bond donors (Lipinski definition) is 1. The Morgan fingerprint density at radius 3 is 2.42 bits per heavy atom. The first kappa shape index (κ1) is 11.8. The summed E-state index contributed by atoms with van der Waals surface area (Å²) in [4.78, 5) is 19.9. The Balaban J connectivity index is 2.03. The number of hydrogen-bond acceptors (Lipinski definition) is 3. The summed E-state index contributed by atoms with van der Waals surface area (Å²) in [6, 6.07) is 8.23. The Morgan fingerprint density at radius 1 is 1.21 bits per heavy atom. The molecule has 1 atom stereocenters. The number of benzene rings is 1. The van der Waals surface area contributed by atoms with Gasteiger partial charge >= 0.3 is 5.97 Å². The first-order chi connectivity index (χ1) is 9.08. The Hall–Kier alpha value is -2.23. The molecule has 1 aromatic carbocycles. The van der Waals surface area contributed by atoms with Crippen LogP contribution in [0.15, 0.2) is 24.3 Å². The van der Waals surface area contributed by atoms with Crippen LogP contribution >= 0.6 is 0 Å². The summed E-state index contributed by atoms with van der Waals surface area (Å²) in [5.41, 5.74) is 3.88. The van der Waals surface area contributed by atoms with Crippen LogP contribution in [0.5, 0.6) is 0 Å². The molecule has 1 unspecified atom stereocenters. The van der Waals surface area contributed by atoms with Gasteiger partial charge in [-0.15, -0.1) is 0 Å². The van der Waals surface area contributed by atoms with E-state index in [1.807, 2.05) is 12.1 Å². The molecule has 4 nitrogen and oxygen atoms in total. The van der Waals surface area contributed by atoms with Gasteiger partial charge in [0.25, 0.3) is 0 Å². The van der Waals surface area contributed by atoms with Crippen molar-refractivity contribution in [2.45, 2.75) is 26.2 Å². The van der Waals surface area contributed by atoms with Gasteiger partial charge in [0.1, 0.15) is 11.4 Å². The lowest BCUT2D eigenvalue weighted by atomic mass is 9.77. The quantitative estimate of drug-likeness (QED) is 0.894. The van der Waals surface area contributed by atoms with Crippen molar-refractivity contribution < 1.29 is 9.90 Å². The minimum Gasteiger partial charge on any atom is -0.478 e. The van der Waals surface area contributed by atoms with E-state index in [0.29, 0.717) is 11.4 Å². The number of fused-ring (bicyclic) bond motifs is 1. The second-order valence-electron chi connectivity index (χ2n) is 4.89. The summed E-state index contributed by atoms with van der Waals surface area (Å²) in [6.07, 6.45) is 0.932. The third-order valence-corrected chi connectivity index (χ3v) is 3.67. The highest BCUT2D eigenvalue weighted by Gasteiger charge is 2.30. The zero-order valence-corrected chi connectivity index (χ0v) is 10.8. The number of carboxylic acid groups (broad SMARTS) is 1. The Labute approximate surface area is 111 Å². The number of rotatable bonds is 2. The van der Waals surface area contributed by atoms with Crippen molar-refractivity contribution in [3.05, 3.63) is 58.2 Å². The fraction of sp³-hybridized carbons (Fsp3) is 0.267. The zero-order chi connectivity index (χ0) is 13.6. The molecule has 0 amide bonds. The number of carbonyl (C=O) groups is 1. The lowest BCUT2D eigenvalue weighted by Crippen LogP contribution is -2.22. The van der Waals surface area contributed by atoms with Crippen molar-refractivity contribution in [3.63, 3.8) is 0 Å². The summed E-state index contributed by atoms with van der Waals surface area (Å²) in [5, 5.41) is 9.12. The summed E-state index contributed by atoms with van der Waals surface area (Å²) in [6.45, 7) is 3.46. The normalized spacial score (nSPS) is 16.6. The fourth-order valence-electron chi connectivity index (χ4n) is 2.70. The van der Waals surface area contributed by atoms with E-state index in [9.17, 15) is 4.79 Å². The van der Waals surface area contributed by atoms with Crippen molar-refractivity contribution in [1.82, 2.24) is 9.97 Å². The van der Waals surface area contributed by atoms with Gasteiger partial charge in [-0.05, 0) is 31.4 Å². The van der Waals surface area contributed by atoms with Crippen LogP contribution < -0.4 is 0 Å². The van der Waals surface area contributed by atoms with Gasteiger partial charge in [-0.2, -0.15) is 0 Å². The predicted molar refractivity (Wildman–Crippen MR) is 70.5 cm³/mol. The molecule has 3 rings (SSSR count). The van der Waals surface area contributed by atoms with E-state index < -0.39 is 5.97 Å². The predicted octanol–water partition coefficient (Wildman–Crippen LogP) is 2.48. The molecule has 0 radical (unpaired) electrons. The van der Waals surface area contributed by atoms with Gasteiger partial charge in [-0.3, -0.25) is 0 Å². The lowest BCUT2D eigenvalue weighted by molar-refractivity contribution is 0.0694. The van der Waals surface area contributed by atoms with Crippen LogP contribution in [0.25, 0.3) is 0 Å². The average Bonchev–Trinajstić information content (AvgIpc) is 2.29. The molecule has 0 bridgehead atoms. The number of aromatic carboxylic acids is 1. The summed E-state index contributed by atoms with van der Waals surface area (Å²) in [5.74, 6) is -0.0225. The minimum absolute atomic E-state index is 0.205. The van der Waals surface area contributed by atoms with Crippen LogP contribution in [0.3, 0.4) is 0 Å². The Bertz CT molecular complexity index is 657. The van der Waals surface area contributed by atoms with Gasteiger partial charge in [-0.1, -0.05) is 24.3 Å². The van der Waals surface area contributed by atoms with Crippen molar-refractivity contribution in [1.29, 1.82) is 0 Å². The van der Waals surface area contributed by atoms with Crippen LogP contribution in [0.1, 0.15) is 44.6 Å². The Morgan fingerprint density at radius 2 is 1.84 bits per heavy atom. The monoisotopic (exact) mass is 254 g/mol. The Kier molecular flexibility index (Phi) is 2.59. The molecule has 1 heterocycles. The molecule has 1 aliphatic rings. The number of aryl methyl sites for hydroxylation is 2. The van der Waals surface area contributed by atoms with E-state index in [-0.39, 0.29) is 11.5 Å². The smallest absolute Gasteiger partial charge is 0.339 e. The SMILES string of the molecule is Cc1nc(C2Cc3ccccc32)nc(C)c1C(=O)O. The fourth-order valence-corrected chi connectivity index (χ4v) is 2.70. The summed E-state index contributed by atoms with van der Waals surface area (Å²) >= 11 is 0. The second-order valence-corrected chi connectivity index (χ2v) is 4.89. The maximum Gasteiger partial charge on any atom is 0.339 e. The molecular weight excluding hydrogens is 240 g/mol. The molecule has 1 aromatic heterocycles. The van der Waals surface area contributed by atoms with Crippen LogP contribution in [0.4, 0.5) is 0 Å². The van der Waals surface area contributed by atoms with E-state index in [1.54, 1.807) is 13.8 Å². The van der Waals surface area contributed by atoms with E-state index in [2.05, 4.69) is 22.1 Å². The second kappa shape index (κ2) is 4.16. The number of nitrogens with zero attached hydrogens (tertiary/aromatic N) is 2. The summed E-state index contributed by atoms with van der Waals surface area (Å²) in [7, 11) is 0. The van der Waals surface area contributed by atoms with Gasteiger partial charge in [0.05, 0.1) is 11.4 Å². The van der Waals surface area contributed by atoms with Crippen LogP contribution in [0, 0.1) is 13.8 Å². The highest BCUT2D eigenvalue weighted by atomic mass is 16.4. The molecule has 1 N–H and O–H groups in total. The molecule has 19 heavy (non-hydrogen) atoms. The van der Waals surface area contributed by atoms with Gasteiger partial charge in [0.15, 0.2) is 0 Å². The van der Waals surface area contributed by atoms with Gasteiger partial charge < -0.3 is 5.11 Å². The number of carboxylic acids is 1. The molecule has 0 fully saturated rings. The maximum absolute atomic E-state index is 11.1. The first-order valence-corrected chi connectivity index (χ1v) is 6.24. The third-order valence-electron chi connectivity index (χ3n) is 3.67. The molecule has 0 saturated carbocycles. The third kappa shape index (κ3) is 1.80. The average molecular weight is 254 g/mol. The van der Waals surface area contributed by atoms with Crippen molar-refractivity contribution in [2.24, 2.45) is 0 Å². The largest absolute Gasteiger partial charge is 0.478 e. The zero-order valence-electron chi connectivity index (χ0n) is 10.8. The van der Waals surface area contributed by atoms with Gasteiger partial charge in [-0.25, -0.2) is 14.8 Å². The van der Waals surface area contributed by atoms with Crippen LogP contribution in [-0.2, 0) is 6.42 Å². The van der Waals surface area contributed by atoms with Gasteiger partial charge in [0, 0.05) is 5.92 Å². The first-order valence-electron chi connectivity index (χ1n) is 6.24. The maximum atomic E-state index is 11.1. The lowest BCUT2D eigenvalue weighted by Gasteiger charge is -2.29. The molecule has 0 saturated heterocycles. The topological polar surface area (TPSA) is 63.1 Å². The van der Waals surface area contributed by atoms with Gasteiger partial charge in [0.2, 0.25) is 0 Å². The molecule has 1 aliphatic carbocycles.